The van der Waals surface area contributed by atoms with Crippen LogP contribution in [-0.2, 0) is 10.0 Å². The molecule has 0 bridgehead atoms. The molecule has 0 aromatic carbocycles. The minimum Gasteiger partial charge on any atom is -1.00 e. The van der Waals surface area contributed by atoms with Gasteiger partial charge in [0.05, 0.1) is 6.26 Å². The van der Waals surface area contributed by atoms with Crippen LogP contribution in [0, 0.1) is 0 Å². The molecular formula is CH6LiNO2S. The molecule has 0 saturated carbocycles. The van der Waals surface area contributed by atoms with E-state index in [-0.39, 0.29) is 20.3 Å². The van der Waals surface area contributed by atoms with Crippen molar-refractivity contribution in [3.05, 3.63) is 0 Å². The minimum atomic E-state index is -3.17. The van der Waals surface area contributed by atoms with Gasteiger partial charge < -0.3 is 1.43 Å². The summed E-state index contributed by atoms with van der Waals surface area (Å²) in [6, 6.07) is 0. The Balaban J connectivity index is -0.0000000800. The molecule has 0 aliphatic rings. The molecule has 0 amide bonds. The fraction of sp³-hybridized carbons (Fsp3) is 1.00. The number of primary sulfonamides is 1. The molecule has 0 aromatic rings. The molecule has 2 N–H and O–H groups in total. The van der Waals surface area contributed by atoms with E-state index in [2.05, 4.69) is 5.14 Å². The molecule has 0 atom stereocenters. The minimum absolute atomic E-state index is 0. The summed E-state index contributed by atoms with van der Waals surface area (Å²) in [4.78, 5) is 0. The van der Waals surface area contributed by atoms with Crippen LogP contribution < -0.4 is 24.0 Å². The molecule has 3 nitrogen and oxygen atoms in total. The van der Waals surface area contributed by atoms with Gasteiger partial charge in [-0.2, -0.15) is 0 Å². The Morgan fingerprint density at radius 2 is 1.67 bits per heavy atom. The normalized spacial score (nSPS) is 9.67. The molecule has 0 aromatic heterocycles. The number of nitrogens with two attached hydrogens (primary N) is 1. The van der Waals surface area contributed by atoms with Crippen molar-refractivity contribution < 1.29 is 28.7 Å². The monoisotopic (exact) mass is 103 g/mol. The first-order valence-electron chi connectivity index (χ1n) is 0.977. The molecule has 0 aliphatic heterocycles. The van der Waals surface area contributed by atoms with Gasteiger partial charge in [0.25, 0.3) is 0 Å². The maximum atomic E-state index is 9.41. The molecule has 0 radical (unpaired) electrons. The Kier molecular flexibility index (Phi) is 4.28. The first kappa shape index (κ1) is 9.72. The van der Waals surface area contributed by atoms with Crippen LogP contribution in [0.15, 0.2) is 0 Å². The maximum Gasteiger partial charge on any atom is 1.00 e. The molecule has 34 valence electrons. The van der Waals surface area contributed by atoms with E-state index in [1.54, 1.807) is 0 Å². The first-order valence-corrected chi connectivity index (χ1v) is 2.93. The molecule has 0 spiro atoms. The molecule has 0 fully saturated rings. The summed E-state index contributed by atoms with van der Waals surface area (Å²) in [6.45, 7) is 0. The van der Waals surface area contributed by atoms with Crippen molar-refractivity contribution in [2.75, 3.05) is 6.26 Å². The second kappa shape index (κ2) is 2.64. The quantitative estimate of drug-likeness (QED) is 0.318. The van der Waals surface area contributed by atoms with Gasteiger partial charge in [0.1, 0.15) is 0 Å². The molecule has 5 heteroatoms. The van der Waals surface area contributed by atoms with Gasteiger partial charge in [-0.15, -0.1) is 0 Å². The zero-order chi connectivity index (χ0) is 4.50. The maximum absolute atomic E-state index is 9.41. The summed E-state index contributed by atoms with van der Waals surface area (Å²) in [5, 5.41) is 4.33. The topological polar surface area (TPSA) is 60.2 Å². The standard InChI is InChI=1S/CH5NO2S.Li.H/c1-5(2,3)4;;/h1H3,(H2,2,3,4);;/q;+1;-1. The van der Waals surface area contributed by atoms with Gasteiger partial charge in [-0.25, -0.2) is 13.6 Å². The van der Waals surface area contributed by atoms with Crippen molar-refractivity contribution in [2.24, 2.45) is 5.14 Å². The van der Waals surface area contributed by atoms with Crippen LogP contribution in [-0.4, -0.2) is 14.7 Å². The van der Waals surface area contributed by atoms with E-state index in [1.165, 1.54) is 0 Å². The fourth-order valence-corrected chi connectivity index (χ4v) is 0. The number of rotatable bonds is 0. The SMILES string of the molecule is CS(N)(=O)=O.[H-].[Li+]. The zero-order valence-electron chi connectivity index (χ0n) is 4.80. The van der Waals surface area contributed by atoms with E-state index >= 15 is 0 Å². The number of hydrogen-bond acceptors (Lipinski definition) is 2. The van der Waals surface area contributed by atoms with E-state index in [4.69, 9.17) is 0 Å². The molecule has 0 unspecified atom stereocenters. The van der Waals surface area contributed by atoms with Crippen molar-refractivity contribution in [3.8, 4) is 0 Å². The van der Waals surface area contributed by atoms with Crippen LogP contribution in [0.5, 0.6) is 0 Å². The molecule has 0 aliphatic carbocycles. The molecule has 6 heavy (non-hydrogen) atoms. The van der Waals surface area contributed by atoms with E-state index in [0.29, 0.717) is 0 Å². The molecule has 0 saturated heterocycles. The van der Waals surface area contributed by atoms with Gasteiger partial charge in [-0.1, -0.05) is 0 Å². The average molecular weight is 103 g/mol. The number of sulfonamides is 1. The third-order valence-electron chi connectivity index (χ3n) is 0. The van der Waals surface area contributed by atoms with Gasteiger partial charge in [0, 0.05) is 0 Å². The third-order valence-corrected chi connectivity index (χ3v) is 0. The predicted octanol–water partition coefficient (Wildman–Crippen LogP) is -3.98. The first-order chi connectivity index (χ1) is 2.00. The van der Waals surface area contributed by atoms with Crippen molar-refractivity contribution in [1.82, 2.24) is 0 Å². The third kappa shape index (κ3) is 215. The second-order valence-electron chi connectivity index (χ2n) is 0.830. The summed E-state index contributed by atoms with van der Waals surface area (Å²) < 4.78 is 18.8. The van der Waals surface area contributed by atoms with E-state index in [9.17, 15) is 8.42 Å². The molecule has 0 heterocycles. The predicted molar refractivity (Wildman–Crippen MR) is 20.1 cm³/mol. The fourth-order valence-electron chi connectivity index (χ4n) is 0. The van der Waals surface area contributed by atoms with E-state index in [1.807, 2.05) is 0 Å². The van der Waals surface area contributed by atoms with Crippen LogP contribution in [0.1, 0.15) is 1.43 Å². The summed E-state index contributed by atoms with van der Waals surface area (Å²) in [6.07, 6.45) is 0.938. The van der Waals surface area contributed by atoms with Crippen LogP contribution in [0.25, 0.3) is 0 Å². The smallest absolute Gasteiger partial charge is 1.00 e. The Morgan fingerprint density at radius 1 is 1.67 bits per heavy atom. The van der Waals surface area contributed by atoms with Crippen molar-refractivity contribution in [3.63, 3.8) is 0 Å². The summed E-state index contributed by atoms with van der Waals surface area (Å²) in [5.41, 5.74) is 0. The van der Waals surface area contributed by atoms with Crippen molar-refractivity contribution in [2.45, 2.75) is 0 Å². The Labute approximate surface area is 50.6 Å². The summed E-state index contributed by atoms with van der Waals surface area (Å²) >= 11 is 0. The van der Waals surface area contributed by atoms with Crippen LogP contribution >= 0.6 is 0 Å². The van der Waals surface area contributed by atoms with Gasteiger partial charge >= 0.3 is 18.9 Å². The number of hydrogen-bond donors (Lipinski definition) is 1. The van der Waals surface area contributed by atoms with Gasteiger partial charge in [0.2, 0.25) is 10.0 Å². The molecule has 0 rings (SSSR count). The Morgan fingerprint density at radius 3 is 1.67 bits per heavy atom. The average Bonchev–Trinajstić information content (AvgIpc) is 0.722. The molecular weight excluding hydrogens is 97.0 g/mol. The summed E-state index contributed by atoms with van der Waals surface area (Å²) in [5.74, 6) is 0. The van der Waals surface area contributed by atoms with Crippen molar-refractivity contribution >= 4 is 10.0 Å². The Bertz CT molecular complexity index is 101. The Hall–Kier alpha value is 0.507. The van der Waals surface area contributed by atoms with Crippen LogP contribution in [0.2, 0.25) is 0 Å². The summed E-state index contributed by atoms with van der Waals surface area (Å²) in [7, 11) is -3.17. The van der Waals surface area contributed by atoms with Crippen LogP contribution in [0.4, 0.5) is 0 Å². The van der Waals surface area contributed by atoms with Gasteiger partial charge in [-0.3, -0.25) is 0 Å². The largest absolute Gasteiger partial charge is 1.00 e. The van der Waals surface area contributed by atoms with Crippen LogP contribution in [0.3, 0.4) is 0 Å². The van der Waals surface area contributed by atoms with E-state index in [0.717, 1.165) is 6.26 Å². The van der Waals surface area contributed by atoms with E-state index < -0.39 is 10.0 Å². The van der Waals surface area contributed by atoms with Crippen molar-refractivity contribution in [1.29, 1.82) is 0 Å². The van der Waals surface area contributed by atoms with Gasteiger partial charge in [-0.05, 0) is 0 Å². The zero-order valence-corrected chi connectivity index (χ0v) is 4.62. The van der Waals surface area contributed by atoms with Gasteiger partial charge in [0.15, 0.2) is 0 Å². The second-order valence-corrected chi connectivity index (χ2v) is 2.49.